The van der Waals surface area contributed by atoms with Gasteiger partial charge in [0.05, 0.1) is 6.61 Å². The number of benzene rings is 1. The van der Waals surface area contributed by atoms with Crippen LogP contribution in [0.25, 0.3) is 11.3 Å². The van der Waals surface area contributed by atoms with Crippen molar-refractivity contribution < 1.29 is 14.3 Å². The first-order chi connectivity index (χ1) is 9.10. The lowest BCUT2D eigenvalue weighted by Gasteiger charge is -2.08. The molecule has 0 spiro atoms. The first-order valence-electron chi connectivity index (χ1n) is 6.18. The van der Waals surface area contributed by atoms with E-state index in [-0.39, 0.29) is 24.3 Å². The summed E-state index contributed by atoms with van der Waals surface area (Å²) >= 11 is 0. The Balaban J connectivity index is 2.17. The number of aliphatic hydroxyl groups excluding tert-OH is 1. The highest BCUT2D eigenvalue weighted by Crippen LogP contribution is 2.22. The molecule has 0 fully saturated rings. The van der Waals surface area contributed by atoms with Gasteiger partial charge in [0.15, 0.2) is 5.76 Å². The Morgan fingerprint density at radius 2 is 2.16 bits per heavy atom. The van der Waals surface area contributed by atoms with Crippen LogP contribution in [-0.4, -0.2) is 23.7 Å². The van der Waals surface area contributed by atoms with Crippen molar-refractivity contribution in [2.45, 2.75) is 19.9 Å². The number of hydrogen-bond acceptors (Lipinski definition) is 3. The maximum Gasteiger partial charge on any atom is 0.287 e. The molecule has 4 heteroatoms. The van der Waals surface area contributed by atoms with Crippen LogP contribution in [0.3, 0.4) is 0 Å². The monoisotopic (exact) mass is 259 g/mol. The van der Waals surface area contributed by atoms with Crippen molar-refractivity contribution in [3.63, 3.8) is 0 Å². The lowest BCUT2D eigenvalue weighted by atomic mass is 10.1. The molecule has 0 aliphatic carbocycles. The largest absolute Gasteiger partial charge is 0.451 e. The van der Waals surface area contributed by atoms with Crippen LogP contribution in [0.5, 0.6) is 0 Å². The number of carbonyl (C=O) groups is 1. The SMILES string of the molecule is Cc1cccc(-c2ccc(C(=O)NC(C)CO)o2)c1. The van der Waals surface area contributed by atoms with E-state index in [0.29, 0.717) is 5.76 Å². The van der Waals surface area contributed by atoms with Crippen molar-refractivity contribution >= 4 is 5.91 Å². The molecule has 4 nitrogen and oxygen atoms in total. The summed E-state index contributed by atoms with van der Waals surface area (Å²) in [5.41, 5.74) is 2.07. The number of aryl methyl sites for hydroxylation is 1. The zero-order valence-corrected chi connectivity index (χ0v) is 11.0. The quantitative estimate of drug-likeness (QED) is 0.886. The van der Waals surface area contributed by atoms with Crippen molar-refractivity contribution in [1.82, 2.24) is 5.32 Å². The van der Waals surface area contributed by atoms with Gasteiger partial charge in [-0.2, -0.15) is 0 Å². The van der Waals surface area contributed by atoms with E-state index in [9.17, 15) is 4.79 Å². The molecule has 19 heavy (non-hydrogen) atoms. The molecule has 2 aromatic rings. The van der Waals surface area contributed by atoms with Crippen LogP contribution in [0.4, 0.5) is 0 Å². The second kappa shape index (κ2) is 5.71. The number of aliphatic hydroxyl groups is 1. The van der Waals surface area contributed by atoms with E-state index in [2.05, 4.69) is 5.32 Å². The molecule has 0 radical (unpaired) electrons. The second-order valence-electron chi connectivity index (χ2n) is 4.59. The van der Waals surface area contributed by atoms with Gasteiger partial charge in [0, 0.05) is 11.6 Å². The first kappa shape index (κ1) is 13.4. The molecule has 0 aliphatic rings. The summed E-state index contributed by atoms with van der Waals surface area (Å²) in [7, 11) is 0. The number of carbonyl (C=O) groups excluding carboxylic acids is 1. The number of nitrogens with one attached hydrogen (secondary N) is 1. The summed E-state index contributed by atoms with van der Waals surface area (Å²) in [4.78, 5) is 11.8. The highest BCUT2D eigenvalue weighted by Gasteiger charge is 2.14. The zero-order valence-electron chi connectivity index (χ0n) is 11.0. The summed E-state index contributed by atoms with van der Waals surface area (Å²) < 4.78 is 5.54. The molecule has 2 rings (SSSR count). The zero-order chi connectivity index (χ0) is 13.8. The minimum atomic E-state index is -0.319. The van der Waals surface area contributed by atoms with E-state index in [1.165, 1.54) is 0 Å². The summed E-state index contributed by atoms with van der Waals surface area (Å²) in [6, 6.07) is 11.0. The Bertz CT molecular complexity index is 574. The van der Waals surface area contributed by atoms with E-state index in [0.717, 1.165) is 11.1 Å². The second-order valence-corrected chi connectivity index (χ2v) is 4.59. The minimum Gasteiger partial charge on any atom is -0.451 e. The summed E-state index contributed by atoms with van der Waals surface area (Å²) in [5, 5.41) is 11.5. The third-order valence-electron chi connectivity index (χ3n) is 2.78. The Morgan fingerprint density at radius 1 is 1.37 bits per heavy atom. The van der Waals surface area contributed by atoms with E-state index in [1.54, 1.807) is 19.1 Å². The van der Waals surface area contributed by atoms with Crippen LogP contribution in [0.2, 0.25) is 0 Å². The molecule has 0 bridgehead atoms. The molecule has 1 atom stereocenters. The van der Waals surface area contributed by atoms with E-state index >= 15 is 0 Å². The van der Waals surface area contributed by atoms with Gasteiger partial charge >= 0.3 is 0 Å². The summed E-state index contributed by atoms with van der Waals surface area (Å²) in [5.74, 6) is 0.586. The summed E-state index contributed by atoms with van der Waals surface area (Å²) in [6.45, 7) is 3.63. The first-order valence-corrected chi connectivity index (χ1v) is 6.18. The number of amides is 1. The van der Waals surface area contributed by atoms with E-state index in [1.807, 2.05) is 31.2 Å². The van der Waals surface area contributed by atoms with Gasteiger partial charge in [-0.15, -0.1) is 0 Å². The van der Waals surface area contributed by atoms with Gasteiger partial charge in [-0.1, -0.05) is 23.8 Å². The van der Waals surface area contributed by atoms with Crippen LogP contribution in [0, 0.1) is 6.92 Å². The van der Waals surface area contributed by atoms with E-state index in [4.69, 9.17) is 9.52 Å². The van der Waals surface area contributed by atoms with Crippen LogP contribution < -0.4 is 5.32 Å². The van der Waals surface area contributed by atoms with Crippen LogP contribution in [0.15, 0.2) is 40.8 Å². The van der Waals surface area contributed by atoms with Gasteiger partial charge in [0.2, 0.25) is 0 Å². The van der Waals surface area contributed by atoms with Gasteiger partial charge < -0.3 is 14.8 Å². The molecule has 0 saturated carbocycles. The maximum atomic E-state index is 11.8. The third kappa shape index (κ3) is 3.23. The Morgan fingerprint density at radius 3 is 2.84 bits per heavy atom. The topological polar surface area (TPSA) is 62.5 Å². The van der Waals surface area contributed by atoms with Crippen molar-refractivity contribution in [1.29, 1.82) is 0 Å². The smallest absolute Gasteiger partial charge is 0.287 e. The molecule has 2 N–H and O–H groups in total. The Hall–Kier alpha value is -2.07. The van der Waals surface area contributed by atoms with Gasteiger partial charge in [0.1, 0.15) is 5.76 Å². The van der Waals surface area contributed by atoms with E-state index < -0.39 is 0 Å². The maximum absolute atomic E-state index is 11.8. The van der Waals surface area contributed by atoms with Crippen molar-refractivity contribution in [3.05, 3.63) is 47.7 Å². The molecular weight excluding hydrogens is 242 g/mol. The average molecular weight is 259 g/mol. The number of furan rings is 1. The lowest BCUT2D eigenvalue weighted by Crippen LogP contribution is -2.34. The summed E-state index contributed by atoms with van der Waals surface area (Å²) in [6.07, 6.45) is 0. The molecule has 0 aliphatic heterocycles. The Labute approximate surface area is 112 Å². The van der Waals surface area contributed by atoms with Gasteiger partial charge in [-0.25, -0.2) is 0 Å². The molecule has 100 valence electrons. The predicted octanol–water partition coefficient (Wildman–Crippen LogP) is 2.37. The van der Waals surface area contributed by atoms with Gasteiger partial charge in [-0.3, -0.25) is 4.79 Å². The fourth-order valence-electron chi connectivity index (χ4n) is 1.75. The lowest BCUT2D eigenvalue weighted by molar-refractivity contribution is 0.0895. The van der Waals surface area contributed by atoms with Gasteiger partial charge in [0.25, 0.3) is 5.91 Å². The predicted molar refractivity (Wildman–Crippen MR) is 72.9 cm³/mol. The standard InChI is InChI=1S/C15H17NO3/c1-10-4-3-5-12(8-10)13-6-7-14(19-13)15(18)16-11(2)9-17/h3-8,11,17H,9H2,1-2H3,(H,16,18). The molecule has 1 aromatic carbocycles. The average Bonchev–Trinajstić information content (AvgIpc) is 2.88. The van der Waals surface area contributed by atoms with Crippen LogP contribution in [-0.2, 0) is 0 Å². The Kier molecular flexibility index (Phi) is 4.02. The highest BCUT2D eigenvalue weighted by atomic mass is 16.4. The molecule has 1 amide bonds. The van der Waals surface area contributed by atoms with Crippen molar-refractivity contribution in [3.8, 4) is 11.3 Å². The number of hydrogen-bond donors (Lipinski definition) is 2. The minimum absolute atomic E-state index is 0.100. The van der Waals surface area contributed by atoms with Gasteiger partial charge in [-0.05, 0) is 32.0 Å². The molecule has 1 aromatic heterocycles. The van der Waals surface area contributed by atoms with Crippen LogP contribution in [0.1, 0.15) is 23.0 Å². The van der Waals surface area contributed by atoms with Crippen molar-refractivity contribution in [2.75, 3.05) is 6.61 Å². The number of rotatable bonds is 4. The normalized spacial score (nSPS) is 12.2. The van der Waals surface area contributed by atoms with Crippen LogP contribution >= 0.6 is 0 Å². The fourth-order valence-corrected chi connectivity index (χ4v) is 1.75. The molecule has 1 heterocycles. The fraction of sp³-hybridized carbons (Fsp3) is 0.267. The molecular formula is C15H17NO3. The highest BCUT2D eigenvalue weighted by molar-refractivity contribution is 5.92. The molecule has 1 unspecified atom stereocenters. The van der Waals surface area contributed by atoms with Crippen molar-refractivity contribution in [2.24, 2.45) is 0 Å². The molecule has 0 saturated heterocycles. The third-order valence-corrected chi connectivity index (χ3v) is 2.78.